The lowest BCUT2D eigenvalue weighted by Gasteiger charge is -2.40. The number of piperidine rings is 1. The quantitative estimate of drug-likeness (QED) is 0.0728. The zero-order chi connectivity index (χ0) is 47.5. The maximum absolute atomic E-state index is 16.2. The highest BCUT2D eigenvalue weighted by atomic mass is 19.1. The summed E-state index contributed by atoms with van der Waals surface area (Å²) in [6, 6.07) is 13.1. The van der Waals surface area contributed by atoms with Gasteiger partial charge in [-0.05, 0) is 68.3 Å². The number of halogens is 2. The summed E-state index contributed by atoms with van der Waals surface area (Å²) in [6.07, 6.45) is 1.29. The van der Waals surface area contributed by atoms with Crippen molar-refractivity contribution in [3.05, 3.63) is 112 Å². The van der Waals surface area contributed by atoms with Gasteiger partial charge in [-0.1, -0.05) is 30.8 Å². The Hall–Kier alpha value is -7.58. The number of ether oxygens (including phenoxy) is 3. The van der Waals surface area contributed by atoms with E-state index in [1.54, 1.807) is 47.1 Å². The molecule has 0 saturated carbocycles. The van der Waals surface area contributed by atoms with E-state index in [1.165, 1.54) is 28.8 Å². The number of hydrogen-bond acceptors (Lipinski definition) is 14. The van der Waals surface area contributed by atoms with Crippen molar-refractivity contribution in [3.63, 3.8) is 0 Å². The molecular weight excluding hydrogens is 875 g/mol. The van der Waals surface area contributed by atoms with Crippen LogP contribution in [0.4, 0.5) is 20.3 Å². The van der Waals surface area contributed by atoms with Crippen LogP contribution in [0.1, 0.15) is 46.0 Å². The minimum atomic E-state index is -1.08. The molecule has 3 N–H and O–H groups in total. The van der Waals surface area contributed by atoms with E-state index in [2.05, 4.69) is 27.2 Å². The minimum absolute atomic E-state index is 0.0175. The van der Waals surface area contributed by atoms with Crippen LogP contribution < -0.4 is 26.0 Å². The smallest absolute Gasteiger partial charge is 0.355 e. The monoisotopic (exact) mass is 920 g/mol. The maximum Gasteiger partial charge on any atom is 0.355 e. The van der Waals surface area contributed by atoms with Crippen molar-refractivity contribution in [2.75, 3.05) is 69.4 Å². The fraction of sp³-hybridized carbons (Fsp3) is 0.319. The molecule has 0 aliphatic carbocycles. The summed E-state index contributed by atoms with van der Waals surface area (Å²) in [5.74, 6) is -4.73. The molecule has 5 aromatic rings. The van der Waals surface area contributed by atoms with Gasteiger partial charge in [0.05, 0.1) is 54.2 Å². The summed E-state index contributed by atoms with van der Waals surface area (Å²) in [5, 5.41) is 16.1. The molecule has 67 heavy (non-hydrogen) atoms. The number of amides is 5. The second-order valence-corrected chi connectivity index (χ2v) is 16.0. The van der Waals surface area contributed by atoms with E-state index in [0.29, 0.717) is 11.3 Å². The Bertz CT molecular complexity index is 2870. The standard InChI is InChI=1S/C47H46F2N8O10/c1-4-37(60)54-17-18-55(27(3)25-54)42-29-24-31(49)40(39-30(48)10-7-12-34(39)58)52-43(29)57(47(64)53-42)41-26(2)8-5-13-35(41)67-23-22-66-21-20-65-19-16-50-32-11-6-9-28-38(32)46(63)56(45(28)62)33-14-15-36(59)51-44(33)61/h4-13,24,27,33,50,58H,1,14-23,25H2,2-3H3,(H,51,59,61)/t27-,33?/m0/s1. The normalized spacial score (nSPS) is 17.2. The third-order valence-corrected chi connectivity index (χ3v) is 11.7. The fourth-order valence-electron chi connectivity index (χ4n) is 8.54. The lowest BCUT2D eigenvalue weighted by atomic mass is 10.0. The highest BCUT2D eigenvalue weighted by molar-refractivity contribution is 6.25. The molecule has 2 atom stereocenters. The van der Waals surface area contributed by atoms with Crippen LogP contribution in [-0.2, 0) is 23.9 Å². The summed E-state index contributed by atoms with van der Waals surface area (Å²) in [6.45, 7) is 8.94. The number of aryl methyl sites for hydroxylation is 1. The van der Waals surface area contributed by atoms with Crippen molar-refractivity contribution in [3.8, 4) is 28.4 Å². The second-order valence-electron chi connectivity index (χ2n) is 16.0. The van der Waals surface area contributed by atoms with E-state index < -0.39 is 64.0 Å². The number of rotatable bonds is 16. The van der Waals surface area contributed by atoms with Gasteiger partial charge in [0.1, 0.15) is 41.5 Å². The second kappa shape index (κ2) is 19.5. The van der Waals surface area contributed by atoms with Crippen molar-refractivity contribution >= 4 is 52.1 Å². The Kier molecular flexibility index (Phi) is 13.4. The summed E-state index contributed by atoms with van der Waals surface area (Å²) in [4.78, 5) is 90.6. The lowest BCUT2D eigenvalue weighted by molar-refractivity contribution is -0.136. The number of anilines is 2. The average molecular weight is 921 g/mol. The molecule has 3 aromatic carbocycles. The number of imide groups is 2. The first-order chi connectivity index (χ1) is 32.3. The first-order valence-electron chi connectivity index (χ1n) is 21.5. The van der Waals surface area contributed by atoms with Crippen LogP contribution >= 0.6 is 0 Å². The van der Waals surface area contributed by atoms with Gasteiger partial charge in [0.25, 0.3) is 11.8 Å². The van der Waals surface area contributed by atoms with E-state index in [0.717, 1.165) is 17.0 Å². The number of carbonyl (C=O) groups is 5. The summed E-state index contributed by atoms with van der Waals surface area (Å²) in [5.41, 5.74) is -0.394. The number of benzene rings is 3. The van der Waals surface area contributed by atoms with Gasteiger partial charge in [0.15, 0.2) is 11.5 Å². The molecule has 5 heterocycles. The van der Waals surface area contributed by atoms with Crippen molar-refractivity contribution in [1.29, 1.82) is 0 Å². The Balaban J connectivity index is 0.928. The molecular formula is C47H46F2N8O10. The van der Waals surface area contributed by atoms with Crippen molar-refractivity contribution < 1.29 is 52.1 Å². The van der Waals surface area contributed by atoms with E-state index >= 15 is 8.78 Å². The molecule has 2 aromatic heterocycles. The Morgan fingerprint density at radius 3 is 2.42 bits per heavy atom. The van der Waals surface area contributed by atoms with Crippen LogP contribution in [0.15, 0.2) is 78.1 Å². The molecule has 5 amide bonds. The first-order valence-corrected chi connectivity index (χ1v) is 21.5. The van der Waals surface area contributed by atoms with E-state index in [-0.39, 0.29) is 123 Å². The SMILES string of the molecule is C=CC(=O)N1CCN(c2nc(=O)n(-c3c(C)cccc3OCCOCCOCCNc3cccc4c3C(=O)N(C3CCC(=O)NC3=O)C4=O)c3nc(-c4c(O)cccc4F)c(F)cc23)[C@@H](C)C1. The van der Waals surface area contributed by atoms with Gasteiger partial charge < -0.3 is 34.4 Å². The van der Waals surface area contributed by atoms with Crippen molar-refractivity contribution in [2.24, 2.45) is 0 Å². The lowest BCUT2D eigenvalue weighted by Crippen LogP contribution is -2.54. The van der Waals surface area contributed by atoms with E-state index in [9.17, 15) is 33.9 Å². The van der Waals surface area contributed by atoms with Crippen molar-refractivity contribution in [1.82, 2.24) is 29.7 Å². The van der Waals surface area contributed by atoms with Gasteiger partial charge in [-0.2, -0.15) is 4.98 Å². The molecule has 2 fully saturated rings. The molecule has 0 spiro atoms. The highest BCUT2D eigenvalue weighted by Crippen LogP contribution is 2.38. The van der Waals surface area contributed by atoms with Crippen LogP contribution in [0, 0.1) is 18.6 Å². The van der Waals surface area contributed by atoms with Gasteiger partial charge in [-0.3, -0.25) is 34.2 Å². The van der Waals surface area contributed by atoms with Crippen LogP contribution in [0.2, 0.25) is 0 Å². The highest BCUT2D eigenvalue weighted by Gasteiger charge is 2.45. The zero-order valence-electron chi connectivity index (χ0n) is 36.6. The Morgan fingerprint density at radius 1 is 0.925 bits per heavy atom. The van der Waals surface area contributed by atoms with Gasteiger partial charge in [-0.15, -0.1) is 0 Å². The molecule has 1 unspecified atom stereocenters. The van der Waals surface area contributed by atoms with E-state index in [4.69, 9.17) is 14.2 Å². The molecule has 3 aliphatic rings. The Labute approximate surface area is 381 Å². The minimum Gasteiger partial charge on any atom is -0.507 e. The number of nitrogens with zero attached hydrogens (tertiary/aromatic N) is 6. The van der Waals surface area contributed by atoms with Crippen LogP contribution in [0.3, 0.4) is 0 Å². The number of aromatic hydroxyl groups is 1. The number of piperazine rings is 1. The Morgan fingerprint density at radius 2 is 1.67 bits per heavy atom. The molecule has 20 heteroatoms. The van der Waals surface area contributed by atoms with Crippen molar-refractivity contribution in [2.45, 2.75) is 38.8 Å². The van der Waals surface area contributed by atoms with Gasteiger partial charge in [-0.25, -0.2) is 23.1 Å². The molecule has 348 valence electrons. The zero-order valence-corrected chi connectivity index (χ0v) is 36.6. The molecule has 3 aliphatic heterocycles. The first kappa shape index (κ1) is 46.0. The molecule has 18 nitrogen and oxygen atoms in total. The van der Waals surface area contributed by atoms with Crippen LogP contribution in [0.5, 0.6) is 11.5 Å². The fourth-order valence-corrected chi connectivity index (χ4v) is 8.54. The average Bonchev–Trinajstić information content (AvgIpc) is 3.55. The van der Waals surface area contributed by atoms with Crippen LogP contribution in [0.25, 0.3) is 28.0 Å². The number of fused-ring (bicyclic) bond motifs is 2. The molecule has 8 rings (SSSR count). The summed E-state index contributed by atoms with van der Waals surface area (Å²) in [7, 11) is 0. The molecule has 2 saturated heterocycles. The van der Waals surface area contributed by atoms with Gasteiger partial charge >= 0.3 is 5.69 Å². The topological polar surface area (TPSA) is 215 Å². The van der Waals surface area contributed by atoms with E-state index in [1.807, 2.05) is 6.92 Å². The van der Waals surface area contributed by atoms with Crippen LogP contribution in [-0.4, -0.2) is 130 Å². The number of nitrogens with one attached hydrogen (secondary N) is 2. The number of aromatic nitrogens is 3. The molecule has 0 radical (unpaired) electrons. The maximum atomic E-state index is 16.2. The third-order valence-electron chi connectivity index (χ3n) is 11.7. The largest absolute Gasteiger partial charge is 0.507 e. The number of phenols is 1. The number of carbonyl (C=O) groups excluding carboxylic acids is 5. The number of para-hydroxylation sites is 1. The predicted octanol–water partition coefficient (Wildman–Crippen LogP) is 3.89. The number of pyridine rings is 1. The predicted molar refractivity (Wildman–Crippen MR) is 239 cm³/mol. The summed E-state index contributed by atoms with van der Waals surface area (Å²) >= 11 is 0. The number of phenolic OH excluding ortho intramolecular Hbond substituents is 1. The van der Waals surface area contributed by atoms with Gasteiger partial charge in [0.2, 0.25) is 17.7 Å². The summed E-state index contributed by atoms with van der Waals surface area (Å²) < 4.78 is 50.2. The number of hydrogen-bond donors (Lipinski definition) is 3. The molecule has 0 bridgehead atoms. The van der Waals surface area contributed by atoms with Gasteiger partial charge in [0, 0.05) is 44.3 Å². The third kappa shape index (κ3) is 9.04.